The highest BCUT2D eigenvalue weighted by atomic mass is 35.5. The van der Waals surface area contributed by atoms with Gasteiger partial charge in [-0.1, -0.05) is 35.5 Å². The molecule has 0 fully saturated rings. The van der Waals surface area contributed by atoms with Gasteiger partial charge in [0, 0.05) is 11.1 Å². The van der Waals surface area contributed by atoms with Gasteiger partial charge in [-0.15, -0.1) is 0 Å². The zero-order valence-electron chi connectivity index (χ0n) is 9.30. The van der Waals surface area contributed by atoms with Gasteiger partial charge in [0.15, 0.2) is 0 Å². The summed E-state index contributed by atoms with van der Waals surface area (Å²) in [6.45, 7) is 1.72. The van der Waals surface area contributed by atoms with Crippen LogP contribution in [0.25, 0.3) is 0 Å². The topological polar surface area (TPSA) is 33.1 Å². The van der Waals surface area contributed by atoms with E-state index < -0.39 is 6.10 Å². The number of halogens is 1. The van der Waals surface area contributed by atoms with Gasteiger partial charge in [-0.2, -0.15) is 0 Å². The van der Waals surface area contributed by atoms with Crippen LogP contribution in [0.4, 0.5) is 0 Å². The molecule has 1 atom stereocenters. The number of rotatable bonds is 3. The van der Waals surface area contributed by atoms with Crippen molar-refractivity contribution in [3.05, 3.63) is 53.2 Å². The minimum atomic E-state index is -0.499. The Bertz CT molecular complexity index is 502. The molecule has 1 N–H and O–H groups in total. The van der Waals surface area contributed by atoms with E-state index in [0.717, 1.165) is 15.5 Å². The summed E-state index contributed by atoms with van der Waals surface area (Å²) >= 11 is 7.67. The Morgan fingerprint density at radius 3 is 2.71 bits per heavy atom. The van der Waals surface area contributed by atoms with E-state index in [1.54, 1.807) is 19.2 Å². The second-order valence-corrected chi connectivity index (χ2v) is 5.11. The smallest absolute Gasteiger partial charge is 0.101 e. The number of aliphatic hydroxyl groups excluding tert-OH is 1. The Morgan fingerprint density at radius 2 is 2.12 bits per heavy atom. The van der Waals surface area contributed by atoms with Crippen LogP contribution in [0.3, 0.4) is 0 Å². The van der Waals surface area contributed by atoms with E-state index in [4.69, 9.17) is 11.6 Å². The number of nitrogens with zero attached hydrogens (tertiary/aromatic N) is 1. The highest BCUT2D eigenvalue weighted by Crippen LogP contribution is 2.33. The second-order valence-electron chi connectivity index (χ2n) is 3.64. The van der Waals surface area contributed by atoms with Crippen LogP contribution in [0.15, 0.2) is 52.5 Å². The molecule has 2 nitrogen and oxygen atoms in total. The van der Waals surface area contributed by atoms with Crippen LogP contribution < -0.4 is 0 Å². The number of benzene rings is 1. The molecule has 1 aromatic carbocycles. The van der Waals surface area contributed by atoms with Gasteiger partial charge in [-0.05, 0) is 36.8 Å². The zero-order chi connectivity index (χ0) is 12.3. The fourth-order valence-corrected chi connectivity index (χ4v) is 2.46. The number of pyridine rings is 1. The maximum absolute atomic E-state index is 9.45. The normalized spacial score (nSPS) is 12.4. The van der Waals surface area contributed by atoms with Gasteiger partial charge in [-0.3, -0.25) is 0 Å². The van der Waals surface area contributed by atoms with Crippen LogP contribution in [-0.4, -0.2) is 10.1 Å². The van der Waals surface area contributed by atoms with Crippen LogP contribution in [0.1, 0.15) is 18.6 Å². The van der Waals surface area contributed by atoms with Gasteiger partial charge in [0.1, 0.15) is 5.03 Å². The summed E-state index contributed by atoms with van der Waals surface area (Å²) in [4.78, 5) is 5.17. The molecule has 0 aliphatic carbocycles. The quantitative estimate of drug-likeness (QED) is 0.913. The van der Waals surface area contributed by atoms with Crippen LogP contribution >= 0.6 is 23.4 Å². The Hall–Kier alpha value is -1.03. The molecule has 0 bridgehead atoms. The van der Waals surface area contributed by atoms with Crippen molar-refractivity contribution in [2.75, 3.05) is 0 Å². The van der Waals surface area contributed by atoms with Crippen molar-refractivity contribution in [1.82, 2.24) is 4.98 Å². The second kappa shape index (κ2) is 5.54. The highest BCUT2D eigenvalue weighted by molar-refractivity contribution is 7.99. The van der Waals surface area contributed by atoms with Crippen molar-refractivity contribution in [2.45, 2.75) is 22.9 Å². The van der Waals surface area contributed by atoms with Crippen molar-refractivity contribution >= 4 is 23.4 Å². The lowest BCUT2D eigenvalue weighted by molar-refractivity contribution is 0.199. The Balaban J connectivity index is 2.23. The average Bonchev–Trinajstić information content (AvgIpc) is 2.33. The molecule has 2 aromatic rings. The molecule has 0 aliphatic rings. The van der Waals surface area contributed by atoms with Crippen molar-refractivity contribution < 1.29 is 5.11 Å². The lowest BCUT2D eigenvalue weighted by Gasteiger charge is -2.08. The molecule has 0 amide bonds. The average molecular weight is 266 g/mol. The van der Waals surface area contributed by atoms with Crippen LogP contribution in [0.5, 0.6) is 0 Å². The molecular weight excluding hydrogens is 254 g/mol. The maximum Gasteiger partial charge on any atom is 0.101 e. The predicted molar refractivity (Wildman–Crippen MR) is 70.4 cm³/mol. The summed E-state index contributed by atoms with van der Waals surface area (Å²) < 4.78 is 0. The SMILES string of the molecule is C[C@H](O)c1ccc(Sc2ccccn2)c(Cl)c1. The van der Waals surface area contributed by atoms with E-state index in [1.165, 1.54) is 11.8 Å². The molecule has 2 rings (SSSR count). The first-order valence-electron chi connectivity index (χ1n) is 5.23. The van der Waals surface area contributed by atoms with Gasteiger partial charge in [0.25, 0.3) is 0 Å². The highest BCUT2D eigenvalue weighted by Gasteiger charge is 2.07. The van der Waals surface area contributed by atoms with Gasteiger partial charge < -0.3 is 5.11 Å². The first kappa shape index (κ1) is 12.4. The molecule has 0 saturated heterocycles. The first-order valence-corrected chi connectivity index (χ1v) is 6.42. The molecule has 17 heavy (non-hydrogen) atoms. The number of hydrogen-bond donors (Lipinski definition) is 1. The van der Waals surface area contributed by atoms with E-state index in [0.29, 0.717) is 5.02 Å². The Kier molecular flexibility index (Phi) is 4.05. The van der Waals surface area contributed by atoms with Crippen molar-refractivity contribution in [3.63, 3.8) is 0 Å². The maximum atomic E-state index is 9.45. The van der Waals surface area contributed by atoms with E-state index in [1.807, 2.05) is 30.3 Å². The molecule has 0 radical (unpaired) electrons. The Labute approximate surface area is 110 Å². The third-order valence-corrected chi connectivity index (χ3v) is 3.74. The van der Waals surface area contributed by atoms with Crippen LogP contribution in [0, 0.1) is 0 Å². The predicted octanol–water partition coefficient (Wildman–Crippen LogP) is 3.94. The van der Waals surface area contributed by atoms with Gasteiger partial charge in [0.2, 0.25) is 0 Å². The Morgan fingerprint density at radius 1 is 1.29 bits per heavy atom. The van der Waals surface area contributed by atoms with Crippen molar-refractivity contribution in [3.8, 4) is 0 Å². The third kappa shape index (κ3) is 3.22. The fourth-order valence-electron chi connectivity index (χ4n) is 1.38. The van der Waals surface area contributed by atoms with Gasteiger partial charge in [0.05, 0.1) is 11.1 Å². The summed E-state index contributed by atoms with van der Waals surface area (Å²) in [5.41, 5.74) is 0.820. The number of aliphatic hydroxyl groups is 1. The number of aromatic nitrogens is 1. The monoisotopic (exact) mass is 265 g/mol. The van der Waals surface area contributed by atoms with Crippen molar-refractivity contribution in [1.29, 1.82) is 0 Å². The minimum absolute atomic E-state index is 0.499. The molecule has 0 saturated carbocycles. The molecule has 88 valence electrons. The van der Waals surface area contributed by atoms with E-state index in [-0.39, 0.29) is 0 Å². The standard InChI is InChI=1S/C13H12ClNOS/c1-9(16)10-5-6-12(11(14)8-10)17-13-4-2-3-7-15-13/h2-9,16H,1H3/t9-/m0/s1. The summed E-state index contributed by atoms with van der Waals surface area (Å²) in [6.07, 6.45) is 1.25. The summed E-state index contributed by atoms with van der Waals surface area (Å²) in [5.74, 6) is 0. The zero-order valence-corrected chi connectivity index (χ0v) is 10.9. The molecular formula is C13H12ClNOS. The minimum Gasteiger partial charge on any atom is -0.389 e. The fraction of sp³-hybridized carbons (Fsp3) is 0.154. The van der Waals surface area contributed by atoms with E-state index >= 15 is 0 Å². The molecule has 4 heteroatoms. The molecule has 0 aliphatic heterocycles. The summed E-state index contributed by atoms with van der Waals surface area (Å²) in [6, 6.07) is 11.3. The lowest BCUT2D eigenvalue weighted by Crippen LogP contribution is -1.90. The summed E-state index contributed by atoms with van der Waals surface area (Å²) in [7, 11) is 0. The lowest BCUT2D eigenvalue weighted by atomic mass is 10.1. The van der Waals surface area contributed by atoms with Gasteiger partial charge in [-0.25, -0.2) is 4.98 Å². The van der Waals surface area contributed by atoms with E-state index in [9.17, 15) is 5.11 Å². The number of hydrogen-bond acceptors (Lipinski definition) is 3. The van der Waals surface area contributed by atoms with Crippen molar-refractivity contribution in [2.24, 2.45) is 0 Å². The largest absolute Gasteiger partial charge is 0.389 e. The first-order chi connectivity index (χ1) is 8.16. The third-order valence-electron chi connectivity index (χ3n) is 2.29. The van der Waals surface area contributed by atoms with Crippen LogP contribution in [0.2, 0.25) is 5.02 Å². The summed E-state index contributed by atoms with van der Waals surface area (Å²) in [5, 5.41) is 11.0. The molecule has 0 spiro atoms. The molecule has 0 unspecified atom stereocenters. The molecule has 1 aromatic heterocycles. The molecule has 1 heterocycles. The van der Waals surface area contributed by atoms with Crippen LogP contribution in [-0.2, 0) is 0 Å². The van der Waals surface area contributed by atoms with Gasteiger partial charge >= 0.3 is 0 Å². The van der Waals surface area contributed by atoms with E-state index in [2.05, 4.69) is 4.98 Å².